The minimum Gasteiger partial charge on any atom is -0.399 e. The molecule has 0 atom stereocenters. The lowest BCUT2D eigenvalue weighted by Crippen LogP contribution is -2.41. The second kappa shape index (κ2) is 3.61. The normalized spacial score (nSPS) is 25.7. The molecule has 1 aliphatic heterocycles. The fourth-order valence-corrected chi connectivity index (χ4v) is 2.30. The molecular weight excluding hydrogens is 229 g/mol. The molecular formula is C13H20BNO3. The summed E-state index contributed by atoms with van der Waals surface area (Å²) in [5.74, 6) is 1.35. The van der Waals surface area contributed by atoms with E-state index in [2.05, 4.69) is 32.9 Å². The molecule has 0 bridgehead atoms. The van der Waals surface area contributed by atoms with Crippen LogP contribution in [0.15, 0.2) is 4.52 Å². The van der Waals surface area contributed by atoms with Crippen LogP contribution in [0, 0.1) is 6.92 Å². The molecule has 2 aliphatic rings. The fourth-order valence-electron chi connectivity index (χ4n) is 2.30. The maximum absolute atomic E-state index is 6.09. The van der Waals surface area contributed by atoms with Gasteiger partial charge in [0, 0.05) is 11.4 Å². The van der Waals surface area contributed by atoms with Crippen LogP contribution in [0.4, 0.5) is 0 Å². The van der Waals surface area contributed by atoms with Crippen molar-refractivity contribution in [3.05, 3.63) is 11.5 Å². The van der Waals surface area contributed by atoms with Crippen molar-refractivity contribution in [1.29, 1.82) is 0 Å². The van der Waals surface area contributed by atoms with Crippen molar-refractivity contribution in [2.75, 3.05) is 0 Å². The molecule has 0 unspecified atom stereocenters. The topological polar surface area (TPSA) is 44.5 Å². The van der Waals surface area contributed by atoms with Crippen LogP contribution in [0.5, 0.6) is 0 Å². The van der Waals surface area contributed by atoms with Gasteiger partial charge in [0.05, 0.1) is 16.9 Å². The van der Waals surface area contributed by atoms with Crippen molar-refractivity contribution in [3.8, 4) is 0 Å². The highest BCUT2D eigenvalue weighted by molar-refractivity contribution is 6.63. The third-order valence-corrected chi connectivity index (χ3v) is 4.39. The first-order chi connectivity index (χ1) is 8.32. The number of nitrogens with zero attached hydrogens (tertiary/aromatic N) is 1. The lowest BCUT2D eigenvalue weighted by atomic mass is 9.76. The van der Waals surface area contributed by atoms with Gasteiger partial charge in [0.1, 0.15) is 5.76 Å². The Hall–Kier alpha value is -0.805. The van der Waals surface area contributed by atoms with Crippen molar-refractivity contribution in [2.45, 2.75) is 64.6 Å². The average Bonchev–Trinajstić information content (AvgIpc) is 2.96. The number of hydrogen-bond acceptors (Lipinski definition) is 4. The standard InChI is InChI=1S/C13H20BNO3/c1-8-10(11(15-16-8)9-6-7-9)14-17-12(2,3)13(4,5)18-14/h9H,6-7H2,1-5H3. The van der Waals surface area contributed by atoms with Crippen LogP contribution in [0.1, 0.15) is 57.9 Å². The Bertz CT molecular complexity index is 461. The molecule has 5 heteroatoms. The van der Waals surface area contributed by atoms with Crippen molar-refractivity contribution < 1.29 is 13.8 Å². The van der Waals surface area contributed by atoms with E-state index in [1.165, 1.54) is 12.8 Å². The first-order valence-corrected chi connectivity index (χ1v) is 6.63. The summed E-state index contributed by atoms with van der Waals surface area (Å²) in [6.45, 7) is 10.2. The van der Waals surface area contributed by atoms with E-state index in [0.717, 1.165) is 16.9 Å². The Morgan fingerprint density at radius 2 is 1.67 bits per heavy atom. The molecule has 1 aromatic heterocycles. The number of hydrogen-bond donors (Lipinski definition) is 0. The van der Waals surface area contributed by atoms with Gasteiger partial charge in [-0.15, -0.1) is 0 Å². The molecule has 0 spiro atoms. The molecule has 18 heavy (non-hydrogen) atoms. The van der Waals surface area contributed by atoms with E-state index in [9.17, 15) is 0 Å². The first-order valence-electron chi connectivity index (χ1n) is 6.63. The molecule has 1 aliphatic carbocycles. The molecule has 4 nitrogen and oxygen atoms in total. The van der Waals surface area contributed by atoms with Crippen LogP contribution in [0.3, 0.4) is 0 Å². The van der Waals surface area contributed by atoms with Crippen LogP contribution in [-0.2, 0) is 9.31 Å². The summed E-state index contributed by atoms with van der Waals surface area (Å²) in [6.07, 6.45) is 2.39. The first kappa shape index (κ1) is 12.2. The molecule has 0 N–H and O–H groups in total. The highest BCUT2D eigenvalue weighted by Crippen LogP contribution is 2.41. The van der Waals surface area contributed by atoms with E-state index >= 15 is 0 Å². The van der Waals surface area contributed by atoms with Crippen LogP contribution < -0.4 is 5.46 Å². The summed E-state index contributed by atoms with van der Waals surface area (Å²) in [5.41, 5.74) is 1.41. The van der Waals surface area contributed by atoms with E-state index in [4.69, 9.17) is 13.8 Å². The van der Waals surface area contributed by atoms with Gasteiger partial charge in [-0.1, -0.05) is 5.16 Å². The van der Waals surface area contributed by atoms with Gasteiger partial charge in [0.25, 0.3) is 0 Å². The van der Waals surface area contributed by atoms with Gasteiger partial charge in [0.15, 0.2) is 0 Å². The monoisotopic (exact) mass is 249 g/mol. The summed E-state index contributed by atoms with van der Waals surface area (Å²) in [5, 5.41) is 4.18. The lowest BCUT2D eigenvalue weighted by Gasteiger charge is -2.32. The maximum Gasteiger partial charge on any atom is 0.500 e. The third kappa shape index (κ3) is 1.72. The summed E-state index contributed by atoms with van der Waals surface area (Å²) in [7, 11) is -0.350. The average molecular weight is 249 g/mol. The Labute approximate surface area is 108 Å². The fraction of sp³-hybridized carbons (Fsp3) is 0.769. The second-order valence-electron chi connectivity index (χ2n) is 6.40. The van der Waals surface area contributed by atoms with E-state index in [-0.39, 0.29) is 18.3 Å². The molecule has 2 heterocycles. The van der Waals surface area contributed by atoms with Crippen molar-refractivity contribution in [2.24, 2.45) is 0 Å². The van der Waals surface area contributed by atoms with E-state index in [1.54, 1.807) is 0 Å². The van der Waals surface area contributed by atoms with Gasteiger partial charge < -0.3 is 13.8 Å². The van der Waals surface area contributed by atoms with Crippen molar-refractivity contribution >= 4 is 12.6 Å². The summed E-state index contributed by atoms with van der Waals surface area (Å²) in [6, 6.07) is 0. The highest BCUT2D eigenvalue weighted by Gasteiger charge is 2.54. The SMILES string of the molecule is Cc1onc(C2CC2)c1B1OC(C)(C)C(C)(C)O1. The predicted octanol–water partition coefficient (Wildman–Crippen LogP) is 2.16. The molecule has 0 amide bonds. The smallest absolute Gasteiger partial charge is 0.399 e. The minimum atomic E-state index is -0.350. The predicted molar refractivity (Wildman–Crippen MR) is 68.9 cm³/mol. The van der Waals surface area contributed by atoms with Crippen LogP contribution in [0.2, 0.25) is 0 Å². The minimum absolute atomic E-state index is 0.317. The number of aromatic nitrogens is 1. The highest BCUT2D eigenvalue weighted by atomic mass is 16.7. The Morgan fingerprint density at radius 3 is 2.17 bits per heavy atom. The van der Waals surface area contributed by atoms with Gasteiger partial charge in [0.2, 0.25) is 0 Å². The van der Waals surface area contributed by atoms with Crippen molar-refractivity contribution in [1.82, 2.24) is 5.16 Å². The van der Waals surface area contributed by atoms with Gasteiger partial charge >= 0.3 is 7.12 Å². The molecule has 2 fully saturated rings. The van der Waals surface area contributed by atoms with E-state index < -0.39 is 0 Å². The van der Waals surface area contributed by atoms with Crippen LogP contribution >= 0.6 is 0 Å². The summed E-state index contributed by atoms with van der Waals surface area (Å²) >= 11 is 0. The van der Waals surface area contributed by atoms with Crippen molar-refractivity contribution in [3.63, 3.8) is 0 Å². The Morgan fingerprint density at radius 1 is 1.11 bits per heavy atom. The van der Waals surface area contributed by atoms with Gasteiger partial charge in [-0.2, -0.15) is 0 Å². The zero-order chi connectivity index (χ0) is 13.1. The quantitative estimate of drug-likeness (QED) is 0.753. The molecule has 98 valence electrons. The molecule has 0 aromatic carbocycles. The van der Waals surface area contributed by atoms with Gasteiger partial charge in [-0.05, 0) is 47.5 Å². The number of rotatable bonds is 2. The van der Waals surface area contributed by atoms with E-state index in [1.807, 2.05) is 6.92 Å². The molecule has 1 aromatic rings. The van der Waals surface area contributed by atoms with E-state index in [0.29, 0.717) is 5.92 Å². The Kier molecular flexibility index (Phi) is 2.45. The number of aryl methyl sites for hydroxylation is 1. The summed E-state index contributed by atoms with van der Waals surface area (Å²) < 4.78 is 17.5. The summed E-state index contributed by atoms with van der Waals surface area (Å²) in [4.78, 5) is 0. The van der Waals surface area contributed by atoms with Crippen LogP contribution in [-0.4, -0.2) is 23.5 Å². The van der Waals surface area contributed by atoms with Gasteiger partial charge in [-0.25, -0.2) is 0 Å². The third-order valence-electron chi connectivity index (χ3n) is 4.39. The lowest BCUT2D eigenvalue weighted by molar-refractivity contribution is 0.00578. The second-order valence-corrected chi connectivity index (χ2v) is 6.40. The zero-order valence-corrected chi connectivity index (χ0v) is 11.7. The zero-order valence-electron chi connectivity index (χ0n) is 11.7. The molecule has 1 saturated carbocycles. The van der Waals surface area contributed by atoms with Gasteiger partial charge in [-0.3, -0.25) is 0 Å². The molecule has 1 saturated heterocycles. The molecule has 0 radical (unpaired) electrons. The largest absolute Gasteiger partial charge is 0.500 e. The molecule has 3 rings (SSSR count). The van der Waals surface area contributed by atoms with Crippen LogP contribution in [0.25, 0.3) is 0 Å². The Balaban J connectivity index is 1.95. The maximum atomic E-state index is 6.09.